The van der Waals surface area contributed by atoms with E-state index in [0.717, 1.165) is 51.4 Å². The van der Waals surface area contributed by atoms with Crippen LogP contribution in [-0.4, -0.2) is 29.1 Å². The molecule has 23 heavy (non-hydrogen) atoms. The number of terminal acetylenes is 1. The van der Waals surface area contributed by atoms with Gasteiger partial charge in [-0.05, 0) is 39.5 Å². The summed E-state index contributed by atoms with van der Waals surface area (Å²) < 4.78 is 19.4. The molecule has 130 valence electrons. The maximum Gasteiger partial charge on any atom is 0.314 e. The number of esters is 1. The molecule has 0 bridgehead atoms. The van der Waals surface area contributed by atoms with Crippen molar-refractivity contribution in [3.63, 3.8) is 0 Å². The van der Waals surface area contributed by atoms with Crippen molar-refractivity contribution >= 4 is 13.1 Å². The molecule has 0 radical (unpaired) electrons. The standard InChI is InChI=1S/C19H31O3P/c1-4-19(2,3)22-18(20)15-23(21,16-11-7-5-8-12-16)17-13-9-6-10-14-17/h1,16-17H,5-15H2,2-3H3. The first kappa shape index (κ1) is 18.6. The van der Waals surface area contributed by atoms with Crippen LogP contribution in [0.25, 0.3) is 0 Å². The Hall–Kier alpha value is -0.740. The van der Waals surface area contributed by atoms with Crippen molar-refractivity contribution in [2.24, 2.45) is 0 Å². The number of carbonyl (C=O) groups excluding carboxylic acids is 1. The Balaban J connectivity index is 2.14. The van der Waals surface area contributed by atoms with Crippen LogP contribution in [0.3, 0.4) is 0 Å². The fraction of sp³-hybridized carbons (Fsp3) is 0.842. The minimum Gasteiger partial charge on any atom is -0.446 e. The van der Waals surface area contributed by atoms with E-state index in [-0.39, 0.29) is 23.4 Å². The van der Waals surface area contributed by atoms with Crippen LogP contribution in [0.5, 0.6) is 0 Å². The van der Waals surface area contributed by atoms with Gasteiger partial charge in [-0.25, -0.2) is 0 Å². The Kier molecular flexibility index (Phi) is 6.38. The molecule has 0 aliphatic heterocycles. The molecule has 0 aromatic heterocycles. The molecule has 3 nitrogen and oxygen atoms in total. The summed E-state index contributed by atoms with van der Waals surface area (Å²) in [5.41, 5.74) is -0.470. The fourth-order valence-electron chi connectivity index (χ4n) is 4.14. The van der Waals surface area contributed by atoms with E-state index in [1.165, 1.54) is 12.8 Å². The molecule has 0 N–H and O–H groups in total. The van der Waals surface area contributed by atoms with Gasteiger partial charge in [0.05, 0.1) is 6.16 Å². The summed E-state index contributed by atoms with van der Waals surface area (Å²) in [4.78, 5) is 12.4. The summed E-state index contributed by atoms with van der Waals surface area (Å²) in [6.07, 6.45) is 16.6. The molecule has 0 amide bonds. The maximum absolute atomic E-state index is 14.0. The van der Waals surface area contributed by atoms with Gasteiger partial charge in [0.25, 0.3) is 0 Å². The van der Waals surface area contributed by atoms with Gasteiger partial charge in [-0.1, -0.05) is 44.4 Å². The highest BCUT2D eigenvalue weighted by Gasteiger charge is 2.43. The molecule has 0 unspecified atom stereocenters. The van der Waals surface area contributed by atoms with E-state index in [2.05, 4.69) is 5.92 Å². The second-order valence-electron chi connectivity index (χ2n) is 7.72. The molecule has 2 fully saturated rings. The first-order chi connectivity index (χ1) is 10.9. The monoisotopic (exact) mass is 338 g/mol. The average molecular weight is 338 g/mol. The van der Waals surface area contributed by atoms with Gasteiger partial charge in [0.1, 0.15) is 7.14 Å². The lowest BCUT2D eigenvalue weighted by atomic mass is 9.99. The lowest BCUT2D eigenvalue weighted by molar-refractivity contribution is -0.148. The quantitative estimate of drug-likeness (QED) is 0.404. The van der Waals surface area contributed by atoms with E-state index in [0.29, 0.717) is 0 Å². The van der Waals surface area contributed by atoms with Crippen LogP contribution in [-0.2, 0) is 14.1 Å². The minimum atomic E-state index is -2.57. The van der Waals surface area contributed by atoms with Gasteiger partial charge in [0.15, 0.2) is 5.60 Å². The van der Waals surface area contributed by atoms with Crippen molar-refractivity contribution in [1.29, 1.82) is 0 Å². The van der Waals surface area contributed by atoms with Crippen molar-refractivity contribution in [2.75, 3.05) is 6.16 Å². The summed E-state index contributed by atoms with van der Waals surface area (Å²) >= 11 is 0. The minimum absolute atomic E-state index is 0.0907. The third-order valence-electron chi connectivity index (χ3n) is 5.48. The van der Waals surface area contributed by atoms with Gasteiger partial charge in [0, 0.05) is 11.3 Å². The van der Waals surface area contributed by atoms with Crippen LogP contribution in [0.1, 0.15) is 78.1 Å². The molecule has 0 aromatic rings. The van der Waals surface area contributed by atoms with E-state index in [9.17, 15) is 9.36 Å². The molecule has 0 heterocycles. The summed E-state index contributed by atoms with van der Waals surface area (Å²) in [5.74, 6) is 2.12. The van der Waals surface area contributed by atoms with Gasteiger partial charge < -0.3 is 9.30 Å². The first-order valence-electron chi connectivity index (χ1n) is 9.15. The smallest absolute Gasteiger partial charge is 0.314 e. The molecular weight excluding hydrogens is 307 g/mol. The lowest BCUT2D eigenvalue weighted by Crippen LogP contribution is -2.32. The third-order valence-corrected chi connectivity index (χ3v) is 9.74. The average Bonchev–Trinajstić information content (AvgIpc) is 2.56. The van der Waals surface area contributed by atoms with Gasteiger partial charge in [-0.2, -0.15) is 0 Å². The van der Waals surface area contributed by atoms with Crippen LogP contribution in [0.4, 0.5) is 0 Å². The molecular formula is C19H31O3P. The zero-order valence-electron chi connectivity index (χ0n) is 14.7. The van der Waals surface area contributed by atoms with Crippen molar-refractivity contribution in [3.8, 4) is 12.3 Å². The third kappa shape index (κ3) is 4.87. The van der Waals surface area contributed by atoms with Crippen LogP contribution < -0.4 is 0 Å². The molecule has 2 rings (SSSR count). The normalized spacial score (nSPS) is 21.6. The van der Waals surface area contributed by atoms with Crippen LogP contribution in [0.2, 0.25) is 0 Å². The number of hydrogen-bond acceptors (Lipinski definition) is 3. The second kappa shape index (κ2) is 7.89. The molecule has 0 saturated heterocycles. The Morgan fingerprint density at radius 1 is 1.04 bits per heavy atom. The number of carbonyl (C=O) groups is 1. The zero-order chi connectivity index (χ0) is 16.9. The summed E-state index contributed by atoms with van der Waals surface area (Å²) in [5, 5.41) is 0. The lowest BCUT2D eigenvalue weighted by Gasteiger charge is -2.38. The van der Waals surface area contributed by atoms with E-state index in [4.69, 9.17) is 11.2 Å². The predicted octanol–water partition coefficient (Wildman–Crippen LogP) is 4.97. The summed E-state index contributed by atoms with van der Waals surface area (Å²) in [6.45, 7) is 3.41. The molecule has 4 heteroatoms. The number of rotatable bonds is 5. The van der Waals surface area contributed by atoms with Gasteiger partial charge >= 0.3 is 5.97 Å². The topological polar surface area (TPSA) is 43.4 Å². The maximum atomic E-state index is 14.0. The highest BCUT2D eigenvalue weighted by Crippen LogP contribution is 2.62. The number of hydrogen-bond donors (Lipinski definition) is 0. The SMILES string of the molecule is C#CC(C)(C)OC(=O)CP(=O)(C1CCCCC1)C1CCCCC1. The highest BCUT2D eigenvalue weighted by molar-refractivity contribution is 7.66. The van der Waals surface area contributed by atoms with E-state index < -0.39 is 12.7 Å². The summed E-state index contributed by atoms with van der Waals surface area (Å²) in [7, 11) is -2.57. The predicted molar refractivity (Wildman–Crippen MR) is 95.2 cm³/mol. The molecule has 2 aliphatic rings. The second-order valence-corrected chi connectivity index (χ2v) is 11.2. The van der Waals surface area contributed by atoms with Gasteiger partial charge in [0.2, 0.25) is 0 Å². The van der Waals surface area contributed by atoms with E-state index in [1.54, 1.807) is 13.8 Å². The fourth-order valence-corrected chi connectivity index (χ4v) is 8.20. The molecule has 0 atom stereocenters. The van der Waals surface area contributed by atoms with Crippen molar-refractivity contribution in [3.05, 3.63) is 0 Å². The van der Waals surface area contributed by atoms with Crippen molar-refractivity contribution < 1.29 is 14.1 Å². The Morgan fingerprint density at radius 3 is 1.87 bits per heavy atom. The van der Waals surface area contributed by atoms with Gasteiger partial charge in [-0.3, -0.25) is 4.79 Å². The first-order valence-corrected chi connectivity index (χ1v) is 11.2. The molecule has 0 spiro atoms. The van der Waals surface area contributed by atoms with Crippen LogP contribution in [0, 0.1) is 12.3 Å². The Bertz CT molecular complexity index is 469. The molecule has 2 aliphatic carbocycles. The zero-order valence-corrected chi connectivity index (χ0v) is 15.6. The Labute approximate surface area is 141 Å². The van der Waals surface area contributed by atoms with Crippen LogP contribution in [0.15, 0.2) is 0 Å². The van der Waals surface area contributed by atoms with Crippen molar-refractivity contribution in [2.45, 2.75) is 95.0 Å². The number of ether oxygens (including phenoxy) is 1. The van der Waals surface area contributed by atoms with Crippen LogP contribution >= 0.6 is 7.14 Å². The summed E-state index contributed by atoms with van der Waals surface area (Å²) in [6, 6.07) is 0. The molecule has 2 saturated carbocycles. The van der Waals surface area contributed by atoms with E-state index in [1.807, 2.05) is 0 Å². The highest BCUT2D eigenvalue weighted by atomic mass is 31.2. The molecule has 0 aromatic carbocycles. The van der Waals surface area contributed by atoms with E-state index >= 15 is 0 Å². The Morgan fingerprint density at radius 2 is 1.48 bits per heavy atom. The van der Waals surface area contributed by atoms with Gasteiger partial charge in [-0.15, -0.1) is 6.42 Å². The van der Waals surface area contributed by atoms with Crippen molar-refractivity contribution in [1.82, 2.24) is 0 Å². The largest absolute Gasteiger partial charge is 0.446 e.